The Bertz CT molecular complexity index is 404. The fourth-order valence-electron chi connectivity index (χ4n) is 3.19. The lowest BCUT2D eigenvalue weighted by molar-refractivity contribution is 0.142. The smallest absolute Gasteiger partial charge is 0.0537 e. The van der Waals surface area contributed by atoms with Gasteiger partial charge in [0.15, 0.2) is 0 Å². The van der Waals surface area contributed by atoms with Gasteiger partial charge in [0, 0.05) is 31.4 Å². The Labute approximate surface area is 115 Å². The van der Waals surface area contributed by atoms with Gasteiger partial charge in [-0.3, -0.25) is 9.58 Å². The Hall–Kier alpha value is -0.580. The van der Waals surface area contributed by atoms with E-state index in [0.29, 0.717) is 0 Å². The molecule has 0 aromatic carbocycles. The average Bonchev–Trinajstić information content (AvgIpc) is 2.90. The van der Waals surface area contributed by atoms with E-state index in [2.05, 4.69) is 22.2 Å². The van der Waals surface area contributed by atoms with Gasteiger partial charge in [-0.15, -0.1) is 12.4 Å². The van der Waals surface area contributed by atoms with Crippen LogP contribution in [0, 0.1) is 18.8 Å². The molecule has 0 bridgehead atoms. The molecule has 0 amide bonds. The summed E-state index contributed by atoms with van der Waals surface area (Å²) in [5, 5.41) is 7.85. The fourth-order valence-corrected chi connectivity index (χ4v) is 3.19. The molecule has 1 aromatic rings. The number of halogens is 1. The van der Waals surface area contributed by atoms with Crippen LogP contribution in [-0.4, -0.2) is 40.9 Å². The molecule has 2 aliphatic rings. The molecular formula is C13H23ClN4. The van der Waals surface area contributed by atoms with Crippen molar-refractivity contribution in [1.82, 2.24) is 20.0 Å². The highest BCUT2D eigenvalue weighted by Crippen LogP contribution is 2.27. The lowest BCUT2D eigenvalue weighted by atomic mass is 9.88. The molecule has 2 unspecified atom stereocenters. The second-order valence-corrected chi connectivity index (χ2v) is 5.58. The van der Waals surface area contributed by atoms with E-state index in [1.54, 1.807) is 0 Å². The van der Waals surface area contributed by atoms with Crippen molar-refractivity contribution < 1.29 is 0 Å². The highest BCUT2D eigenvalue weighted by Gasteiger charge is 2.32. The van der Waals surface area contributed by atoms with Crippen LogP contribution < -0.4 is 5.32 Å². The van der Waals surface area contributed by atoms with E-state index in [9.17, 15) is 0 Å². The number of piperidine rings is 1. The molecular weight excluding hydrogens is 248 g/mol. The first kappa shape index (κ1) is 13.8. The van der Waals surface area contributed by atoms with Crippen LogP contribution >= 0.6 is 12.4 Å². The van der Waals surface area contributed by atoms with Gasteiger partial charge in [0.05, 0.1) is 6.20 Å². The zero-order valence-electron chi connectivity index (χ0n) is 11.2. The maximum absolute atomic E-state index is 4.33. The van der Waals surface area contributed by atoms with E-state index >= 15 is 0 Å². The van der Waals surface area contributed by atoms with Gasteiger partial charge in [0.1, 0.15) is 0 Å². The highest BCUT2D eigenvalue weighted by atomic mass is 35.5. The topological polar surface area (TPSA) is 33.1 Å². The Morgan fingerprint density at radius 2 is 2.17 bits per heavy atom. The molecule has 2 atom stereocenters. The van der Waals surface area contributed by atoms with Gasteiger partial charge < -0.3 is 5.32 Å². The van der Waals surface area contributed by atoms with Crippen LogP contribution in [0.4, 0.5) is 0 Å². The second-order valence-electron chi connectivity index (χ2n) is 5.58. The largest absolute Gasteiger partial charge is 0.316 e. The second kappa shape index (κ2) is 5.59. The van der Waals surface area contributed by atoms with Crippen LogP contribution in [0.1, 0.15) is 17.7 Å². The number of nitrogens with zero attached hydrogens (tertiary/aromatic N) is 3. The Kier molecular flexibility index (Phi) is 4.30. The lowest BCUT2D eigenvalue weighted by Gasteiger charge is -2.34. The van der Waals surface area contributed by atoms with Gasteiger partial charge in [-0.1, -0.05) is 0 Å². The molecule has 3 rings (SSSR count). The third-order valence-electron chi connectivity index (χ3n) is 4.52. The van der Waals surface area contributed by atoms with E-state index in [1.165, 1.54) is 43.9 Å². The summed E-state index contributed by atoms with van der Waals surface area (Å²) in [5.74, 6) is 1.81. The lowest BCUT2D eigenvalue weighted by Crippen LogP contribution is -2.39. The molecule has 2 saturated heterocycles. The number of nitrogens with one attached hydrogen (secondary N) is 1. The third kappa shape index (κ3) is 2.56. The van der Waals surface area contributed by atoms with Crippen molar-refractivity contribution in [2.45, 2.75) is 19.9 Å². The van der Waals surface area contributed by atoms with E-state index < -0.39 is 0 Å². The summed E-state index contributed by atoms with van der Waals surface area (Å²) in [6, 6.07) is 0. The highest BCUT2D eigenvalue weighted by molar-refractivity contribution is 5.85. The normalized spacial score (nSPS) is 27.9. The molecule has 0 radical (unpaired) electrons. The molecule has 5 heteroatoms. The minimum Gasteiger partial charge on any atom is -0.316 e. The van der Waals surface area contributed by atoms with Crippen molar-refractivity contribution in [2.75, 3.05) is 26.2 Å². The predicted molar refractivity (Wildman–Crippen MR) is 74.9 cm³/mol. The molecule has 1 N–H and O–H groups in total. The average molecular weight is 271 g/mol. The van der Waals surface area contributed by atoms with Gasteiger partial charge >= 0.3 is 0 Å². The van der Waals surface area contributed by atoms with Crippen molar-refractivity contribution in [3.8, 4) is 0 Å². The molecule has 102 valence electrons. The molecule has 0 spiro atoms. The van der Waals surface area contributed by atoms with Gasteiger partial charge in [0.2, 0.25) is 0 Å². The predicted octanol–water partition coefficient (Wildman–Crippen LogP) is 1.19. The van der Waals surface area contributed by atoms with Crippen LogP contribution in [0.15, 0.2) is 6.20 Å². The van der Waals surface area contributed by atoms with Crippen LogP contribution in [0.3, 0.4) is 0 Å². The Morgan fingerprint density at radius 3 is 2.89 bits per heavy atom. The molecule has 0 aliphatic carbocycles. The molecule has 1 aromatic heterocycles. The number of fused-ring (bicyclic) bond motifs is 1. The summed E-state index contributed by atoms with van der Waals surface area (Å²) >= 11 is 0. The summed E-state index contributed by atoms with van der Waals surface area (Å²) in [6.45, 7) is 8.19. The minimum absolute atomic E-state index is 0. The number of hydrogen-bond acceptors (Lipinski definition) is 3. The van der Waals surface area contributed by atoms with Crippen molar-refractivity contribution >= 4 is 12.4 Å². The van der Waals surface area contributed by atoms with Gasteiger partial charge in [0.25, 0.3) is 0 Å². The molecule has 3 heterocycles. The Morgan fingerprint density at radius 1 is 1.39 bits per heavy atom. The van der Waals surface area contributed by atoms with E-state index in [0.717, 1.165) is 18.4 Å². The van der Waals surface area contributed by atoms with Crippen LogP contribution in [0.5, 0.6) is 0 Å². The van der Waals surface area contributed by atoms with Crippen molar-refractivity contribution in [3.63, 3.8) is 0 Å². The van der Waals surface area contributed by atoms with Crippen molar-refractivity contribution in [2.24, 2.45) is 18.9 Å². The van der Waals surface area contributed by atoms with E-state index in [-0.39, 0.29) is 12.4 Å². The summed E-state index contributed by atoms with van der Waals surface area (Å²) in [5.41, 5.74) is 2.69. The van der Waals surface area contributed by atoms with E-state index in [4.69, 9.17) is 0 Å². The molecule has 18 heavy (non-hydrogen) atoms. The zero-order valence-corrected chi connectivity index (χ0v) is 12.0. The quantitative estimate of drug-likeness (QED) is 0.877. The molecule has 2 fully saturated rings. The van der Waals surface area contributed by atoms with Gasteiger partial charge in [-0.05, 0) is 44.8 Å². The first-order valence-corrected chi connectivity index (χ1v) is 6.64. The summed E-state index contributed by atoms with van der Waals surface area (Å²) < 4.78 is 1.97. The molecule has 0 saturated carbocycles. The number of rotatable bonds is 2. The summed E-state index contributed by atoms with van der Waals surface area (Å²) in [6.07, 6.45) is 3.38. The van der Waals surface area contributed by atoms with Crippen LogP contribution in [0.2, 0.25) is 0 Å². The maximum atomic E-state index is 4.33. The van der Waals surface area contributed by atoms with Crippen molar-refractivity contribution in [1.29, 1.82) is 0 Å². The van der Waals surface area contributed by atoms with Crippen molar-refractivity contribution in [3.05, 3.63) is 17.5 Å². The summed E-state index contributed by atoms with van der Waals surface area (Å²) in [7, 11) is 2.02. The number of likely N-dealkylation sites (tertiary alicyclic amines) is 1. The Balaban J connectivity index is 0.00000120. The number of aryl methyl sites for hydroxylation is 1. The zero-order chi connectivity index (χ0) is 11.8. The number of aromatic nitrogens is 2. The van der Waals surface area contributed by atoms with Crippen LogP contribution in [0.25, 0.3) is 0 Å². The fraction of sp³-hybridized carbons (Fsp3) is 0.769. The third-order valence-corrected chi connectivity index (χ3v) is 4.52. The SMILES string of the molecule is Cc1c(CN2CCC3CNCC3C2)cnn1C.Cl. The van der Waals surface area contributed by atoms with Gasteiger partial charge in [-0.25, -0.2) is 0 Å². The summed E-state index contributed by atoms with van der Waals surface area (Å²) in [4.78, 5) is 2.60. The minimum atomic E-state index is 0. The van der Waals surface area contributed by atoms with Gasteiger partial charge in [-0.2, -0.15) is 5.10 Å². The first-order chi connectivity index (χ1) is 8.24. The molecule has 2 aliphatic heterocycles. The maximum Gasteiger partial charge on any atom is 0.0537 e. The molecule has 4 nitrogen and oxygen atoms in total. The first-order valence-electron chi connectivity index (χ1n) is 6.64. The van der Waals surface area contributed by atoms with Crippen LogP contribution in [-0.2, 0) is 13.6 Å². The number of hydrogen-bond donors (Lipinski definition) is 1. The van der Waals surface area contributed by atoms with E-state index in [1.807, 2.05) is 17.9 Å². The monoisotopic (exact) mass is 270 g/mol. The standard InChI is InChI=1S/C13H22N4.ClH/c1-10-12(7-15-16(10)2)8-17-4-3-11-5-14-6-13(11)9-17;/h7,11,13-14H,3-6,8-9H2,1-2H3;1H.